The summed E-state index contributed by atoms with van der Waals surface area (Å²) in [6.45, 7) is 6.44. The maximum absolute atomic E-state index is 5.20. The van der Waals surface area contributed by atoms with E-state index in [1.165, 1.54) is 5.56 Å². The molecule has 0 saturated heterocycles. The van der Waals surface area contributed by atoms with Crippen LogP contribution in [0.15, 0.2) is 36.4 Å². The largest absolute Gasteiger partial charge is 0.497 e. The summed E-state index contributed by atoms with van der Waals surface area (Å²) in [5.41, 5.74) is 1.35. The molecule has 0 amide bonds. The smallest absolute Gasteiger partial charge is 0.119 e. The van der Waals surface area contributed by atoms with Gasteiger partial charge in [-0.3, -0.25) is 0 Å². The molecule has 0 radical (unpaired) electrons. The van der Waals surface area contributed by atoms with E-state index in [-0.39, 0.29) is 5.41 Å². The summed E-state index contributed by atoms with van der Waals surface area (Å²) < 4.78 is 5.20. The van der Waals surface area contributed by atoms with Crippen molar-refractivity contribution in [1.82, 2.24) is 0 Å². The molecule has 14 heavy (non-hydrogen) atoms. The minimum atomic E-state index is 0.0727. The number of ether oxygens (including phenoxy) is 1. The Hall–Kier alpha value is -1.24. The Kier molecular flexibility index (Phi) is 3.34. The van der Waals surface area contributed by atoms with Gasteiger partial charge in [0.2, 0.25) is 0 Å². The van der Waals surface area contributed by atoms with Gasteiger partial charge in [0.05, 0.1) is 7.11 Å². The summed E-state index contributed by atoms with van der Waals surface area (Å²) in [5, 5.41) is 0. The highest BCUT2D eigenvalue weighted by molar-refractivity contribution is 5.35. The fourth-order valence-electron chi connectivity index (χ4n) is 1.54. The lowest BCUT2D eigenvalue weighted by molar-refractivity contribution is 0.413. The van der Waals surface area contributed by atoms with Crippen LogP contribution in [0, 0.1) is 0 Å². The molecule has 0 aliphatic rings. The first-order chi connectivity index (χ1) is 6.60. The summed E-state index contributed by atoms with van der Waals surface area (Å²) in [4.78, 5) is 0. The molecule has 1 aromatic carbocycles. The lowest BCUT2D eigenvalue weighted by Gasteiger charge is -2.21. The van der Waals surface area contributed by atoms with Crippen LogP contribution in [0.2, 0.25) is 0 Å². The van der Waals surface area contributed by atoms with Crippen molar-refractivity contribution in [1.29, 1.82) is 0 Å². The zero-order valence-corrected chi connectivity index (χ0v) is 9.37. The van der Waals surface area contributed by atoms with Crippen LogP contribution in [0.25, 0.3) is 0 Å². The zero-order chi connectivity index (χ0) is 10.6. The summed E-state index contributed by atoms with van der Waals surface area (Å²) in [6, 6.07) is 8.21. The second-order valence-electron chi connectivity index (χ2n) is 3.95. The van der Waals surface area contributed by atoms with Gasteiger partial charge in [0.15, 0.2) is 0 Å². The summed E-state index contributed by atoms with van der Waals surface area (Å²) in [5.74, 6) is 0.917. The minimum absolute atomic E-state index is 0.0727. The van der Waals surface area contributed by atoms with Crippen LogP contribution in [0.1, 0.15) is 26.3 Å². The first kappa shape index (κ1) is 10.8. The Bertz CT molecular complexity index is 324. The Morgan fingerprint density at radius 3 is 2.57 bits per heavy atom. The van der Waals surface area contributed by atoms with E-state index in [1.807, 2.05) is 19.1 Å². The molecule has 0 fully saturated rings. The zero-order valence-electron chi connectivity index (χ0n) is 9.37. The number of hydrogen-bond donors (Lipinski definition) is 0. The van der Waals surface area contributed by atoms with Gasteiger partial charge in [-0.2, -0.15) is 0 Å². The van der Waals surface area contributed by atoms with Gasteiger partial charge in [-0.1, -0.05) is 38.1 Å². The normalized spacial score (nSPS) is 12.0. The van der Waals surface area contributed by atoms with Crippen molar-refractivity contribution in [3.05, 3.63) is 42.0 Å². The van der Waals surface area contributed by atoms with Crippen molar-refractivity contribution >= 4 is 0 Å². The molecular weight excluding hydrogens is 172 g/mol. The molecule has 1 nitrogen and oxygen atoms in total. The van der Waals surface area contributed by atoms with Crippen molar-refractivity contribution in [3.63, 3.8) is 0 Å². The Morgan fingerprint density at radius 2 is 2.00 bits per heavy atom. The van der Waals surface area contributed by atoms with Crippen molar-refractivity contribution in [2.75, 3.05) is 7.11 Å². The maximum atomic E-state index is 5.20. The molecule has 0 atom stereocenters. The number of allylic oxidation sites excluding steroid dienone is 2. The van der Waals surface area contributed by atoms with E-state index >= 15 is 0 Å². The second kappa shape index (κ2) is 4.32. The quantitative estimate of drug-likeness (QED) is 0.662. The van der Waals surface area contributed by atoms with Crippen LogP contribution in [0.5, 0.6) is 5.75 Å². The van der Waals surface area contributed by atoms with Gasteiger partial charge in [0.25, 0.3) is 0 Å². The first-order valence-corrected chi connectivity index (χ1v) is 4.88. The molecule has 0 unspecified atom stereocenters. The molecule has 0 N–H and O–H groups in total. The van der Waals surface area contributed by atoms with Gasteiger partial charge in [0, 0.05) is 5.41 Å². The SMILES string of the molecule is C/C=C/C(C)(C)c1cccc(OC)c1. The van der Waals surface area contributed by atoms with Gasteiger partial charge < -0.3 is 4.74 Å². The Labute approximate surface area is 86.4 Å². The molecule has 0 aliphatic carbocycles. The van der Waals surface area contributed by atoms with E-state index in [0.29, 0.717) is 0 Å². The lowest BCUT2D eigenvalue weighted by atomic mass is 9.84. The van der Waals surface area contributed by atoms with Crippen LogP contribution in [0.4, 0.5) is 0 Å². The molecule has 0 spiro atoms. The molecule has 1 aromatic rings. The van der Waals surface area contributed by atoms with E-state index in [9.17, 15) is 0 Å². The van der Waals surface area contributed by atoms with Crippen molar-refractivity contribution in [2.45, 2.75) is 26.2 Å². The summed E-state index contributed by atoms with van der Waals surface area (Å²) in [7, 11) is 1.70. The topological polar surface area (TPSA) is 9.23 Å². The van der Waals surface area contributed by atoms with Gasteiger partial charge in [-0.05, 0) is 24.6 Å². The minimum Gasteiger partial charge on any atom is -0.497 e. The van der Waals surface area contributed by atoms with Crippen LogP contribution in [0.3, 0.4) is 0 Å². The monoisotopic (exact) mass is 190 g/mol. The molecule has 1 rings (SSSR count). The molecule has 1 heteroatoms. The lowest BCUT2D eigenvalue weighted by Crippen LogP contribution is -2.13. The van der Waals surface area contributed by atoms with E-state index in [1.54, 1.807) is 7.11 Å². The van der Waals surface area contributed by atoms with Crippen LogP contribution < -0.4 is 4.74 Å². The van der Waals surface area contributed by atoms with Crippen molar-refractivity contribution in [2.24, 2.45) is 0 Å². The second-order valence-corrected chi connectivity index (χ2v) is 3.95. The fraction of sp³-hybridized carbons (Fsp3) is 0.385. The first-order valence-electron chi connectivity index (χ1n) is 4.88. The van der Waals surface area contributed by atoms with E-state index < -0.39 is 0 Å². The standard InChI is InChI=1S/C13H18O/c1-5-9-13(2,3)11-7-6-8-12(10-11)14-4/h5-10H,1-4H3/b9-5+. The molecule has 0 heterocycles. The van der Waals surface area contributed by atoms with E-state index in [2.05, 4.69) is 38.1 Å². The van der Waals surface area contributed by atoms with E-state index in [4.69, 9.17) is 4.74 Å². The molecule has 0 aromatic heterocycles. The highest BCUT2D eigenvalue weighted by atomic mass is 16.5. The highest BCUT2D eigenvalue weighted by Gasteiger charge is 2.16. The average Bonchev–Trinajstić information content (AvgIpc) is 2.18. The van der Waals surface area contributed by atoms with Crippen LogP contribution in [-0.2, 0) is 5.41 Å². The molecular formula is C13H18O. The predicted octanol–water partition coefficient (Wildman–Crippen LogP) is 3.55. The average molecular weight is 190 g/mol. The molecule has 0 saturated carbocycles. The van der Waals surface area contributed by atoms with Gasteiger partial charge in [-0.15, -0.1) is 0 Å². The van der Waals surface area contributed by atoms with Crippen LogP contribution in [-0.4, -0.2) is 7.11 Å². The molecule has 76 valence electrons. The molecule has 0 aliphatic heterocycles. The predicted molar refractivity (Wildman–Crippen MR) is 60.8 cm³/mol. The van der Waals surface area contributed by atoms with Gasteiger partial charge in [0.1, 0.15) is 5.75 Å². The third kappa shape index (κ3) is 2.38. The number of hydrogen-bond acceptors (Lipinski definition) is 1. The number of methoxy groups -OCH3 is 1. The third-order valence-electron chi connectivity index (χ3n) is 2.40. The fourth-order valence-corrected chi connectivity index (χ4v) is 1.54. The van der Waals surface area contributed by atoms with Crippen LogP contribution >= 0.6 is 0 Å². The maximum Gasteiger partial charge on any atom is 0.119 e. The Morgan fingerprint density at radius 1 is 1.29 bits per heavy atom. The molecule has 0 bridgehead atoms. The summed E-state index contributed by atoms with van der Waals surface area (Å²) >= 11 is 0. The van der Waals surface area contributed by atoms with Crippen molar-refractivity contribution in [3.8, 4) is 5.75 Å². The van der Waals surface area contributed by atoms with Gasteiger partial charge >= 0.3 is 0 Å². The van der Waals surface area contributed by atoms with Gasteiger partial charge in [-0.25, -0.2) is 0 Å². The number of rotatable bonds is 3. The Balaban J connectivity index is 3.05. The van der Waals surface area contributed by atoms with Crippen molar-refractivity contribution < 1.29 is 4.74 Å². The highest BCUT2D eigenvalue weighted by Crippen LogP contribution is 2.27. The third-order valence-corrected chi connectivity index (χ3v) is 2.40. The summed E-state index contributed by atoms with van der Waals surface area (Å²) in [6.07, 6.45) is 4.28. The number of benzene rings is 1. The van der Waals surface area contributed by atoms with E-state index in [0.717, 1.165) is 5.75 Å².